The molecule has 19 heavy (non-hydrogen) atoms. The van der Waals surface area contributed by atoms with Crippen LogP contribution in [0.15, 0.2) is 0 Å². The minimum atomic E-state index is -3.60. The van der Waals surface area contributed by atoms with Crippen LogP contribution in [0.3, 0.4) is 0 Å². The number of rotatable bonds is 3. The Morgan fingerprint density at radius 3 is 2.16 bits per heavy atom. The van der Waals surface area contributed by atoms with Gasteiger partial charge in [0, 0.05) is 32.1 Å². The number of amides is 1. The van der Waals surface area contributed by atoms with Crippen molar-refractivity contribution in [2.45, 2.75) is 44.6 Å². The smallest absolute Gasteiger partial charge is 0.276 e. The van der Waals surface area contributed by atoms with Crippen molar-refractivity contribution in [3.63, 3.8) is 0 Å². The minimum Gasteiger partial charge on any atom is -0.343 e. The molecule has 2 fully saturated rings. The average Bonchev–Trinajstić information content (AvgIpc) is 2.90. The molecule has 0 aromatic carbocycles. The summed E-state index contributed by atoms with van der Waals surface area (Å²) in [7, 11) is -1.72. The molecule has 110 valence electrons. The molecule has 0 atom stereocenters. The fourth-order valence-electron chi connectivity index (χ4n) is 3.12. The van der Waals surface area contributed by atoms with Crippen LogP contribution in [0.25, 0.3) is 0 Å². The maximum absolute atomic E-state index is 12.4. The molecule has 7 heteroatoms. The maximum atomic E-state index is 12.4. The fourth-order valence-corrected chi connectivity index (χ4v) is 3.84. The van der Waals surface area contributed by atoms with Gasteiger partial charge in [0.2, 0.25) is 5.91 Å². The van der Waals surface area contributed by atoms with Crippen LogP contribution in [0.2, 0.25) is 0 Å². The molecule has 1 saturated heterocycles. The lowest BCUT2D eigenvalue weighted by Gasteiger charge is -2.33. The van der Waals surface area contributed by atoms with Gasteiger partial charge in [-0.3, -0.25) is 4.79 Å². The van der Waals surface area contributed by atoms with Gasteiger partial charge in [-0.25, -0.2) is 5.14 Å². The molecule has 0 bridgehead atoms. The molecule has 1 amide bonds. The number of carbonyl (C=O) groups excluding carboxylic acids is 1. The molecule has 1 aliphatic heterocycles. The van der Waals surface area contributed by atoms with Gasteiger partial charge in [0.15, 0.2) is 0 Å². The Bertz CT molecular complexity index is 424. The minimum absolute atomic E-state index is 0.0522. The van der Waals surface area contributed by atoms with Crippen LogP contribution < -0.4 is 5.14 Å². The summed E-state index contributed by atoms with van der Waals surface area (Å²) in [5.74, 6) is 0.115. The molecular formula is C12H23N3O3S. The molecule has 0 spiro atoms. The Hall–Kier alpha value is -0.660. The predicted molar refractivity (Wildman–Crippen MR) is 72.4 cm³/mol. The van der Waals surface area contributed by atoms with Crippen molar-refractivity contribution in [1.29, 1.82) is 0 Å². The van der Waals surface area contributed by atoms with Gasteiger partial charge in [-0.05, 0) is 25.7 Å². The van der Waals surface area contributed by atoms with Crippen molar-refractivity contribution < 1.29 is 13.2 Å². The number of nitrogens with two attached hydrogens (primary N) is 1. The van der Waals surface area contributed by atoms with Crippen LogP contribution in [-0.2, 0) is 15.0 Å². The van der Waals surface area contributed by atoms with Crippen molar-refractivity contribution in [1.82, 2.24) is 9.21 Å². The highest BCUT2D eigenvalue weighted by Gasteiger charge is 2.33. The lowest BCUT2D eigenvalue weighted by Crippen LogP contribution is -2.47. The number of piperidine rings is 1. The third kappa shape index (κ3) is 3.46. The van der Waals surface area contributed by atoms with Gasteiger partial charge in [0.25, 0.3) is 10.2 Å². The highest BCUT2D eigenvalue weighted by atomic mass is 32.2. The zero-order valence-corrected chi connectivity index (χ0v) is 12.2. The van der Waals surface area contributed by atoms with Gasteiger partial charge in [-0.2, -0.15) is 12.7 Å². The molecule has 2 aliphatic rings. The van der Waals surface area contributed by atoms with Gasteiger partial charge in [0.1, 0.15) is 0 Å². The van der Waals surface area contributed by atoms with Crippen LogP contribution in [0.4, 0.5) is 0 Å². The zero-order valence-electron chi connectivity index (χ0n) is 11.4. The van der Waals surface area contributed by atoms with Crippen molar-refractivity contribution in [3.05, 3.63) is 0 Å². The number of carbonyl (C=O) groups is 1. The third-order valence-electron chi connectivity index (χ3n) is 4.38. The summed E-state index contributed by atoms with van der Waals surface area (Å²) >= 11 is 0. The molecule has 2 rings (SSSR count). The fraction of sp³-hybridized carbons (Fsp3) is 0.917. The van der Waals surface area contributed by atoms with E-state index in [0.717, 1.165) is 12.8 Å². The second-order valence-corrected chi connectivity index (χ2v) is 7.15. The molecule has 1 saturated carbocycles. The summed E-state index contributed by atoms with van der Waals surface area (Å²) in [4.78, 5) is 14.2. The van der Waals surface area contributed by atoms with E-state index in [0.29, 0.717) is 32.0 Å². The summed E-state index contributed by atoms with van der Waals surface area (Å²) in [6, 6.07) is 0.378. The number of hydrogen-bond donors (Lipinski definition) is 1. The predicted octanol–water partition coefficient (Wildman–Crippen LogP) is 0.303. The molecule has 0 unspecified atom stereocenters. The SMILES string of the molecule is CN(C(=O)C1CCN(S(N)(=O)=O)CC1)C1CCCC1. The van der Waals surface area contributed by atoms with Crippen molar-refractivity contribution in [3.8, 4) is 0 Å². The first-order chi connectivity index (χ1) is 8.89. The van der Waals surface area contributed by atoms with Crippen LogP contribution in [-0.4, -0.2) is 49.7 Å². The van der Waals surface area contributed by atoms with Gasteiger partial charge < -0.3 is 4.90 Å². The first-order valence-electron chi connectivity index (χ1n) is 6.94. The normalized spacial score (nSPS) is 23.7. The first-order valence-corrected chi connectivity index (χ1v) is 8.44. The molecule has 2 N–H and O–H groups in total. The van der Waals surface area contributed by atoms with E-state index in [1.165, 1.54) is 17.1 Å². The van der Waals surface area contributed by atoms with E-state index in [9.17, 15) is 13.2 Å². The standard InChI is InChI=1S/C12H23N3O3S/c1-14(11-4-2-3-5-11)12(16)10-6-8-15(9-7-10)19(13,17)18/h10-11H,2-9H2,1H3,(H2,13,17,18). The van der Waals surface area contributed by atoms with Crippen LogP contribution >= 0.6 is 0 Å². The van der Waals surface area contributed by atoms with E-state index in [-0.39, 0.29) is 11.8 Å². The van der Waals surface area contributed by atoms with Gasteiger partial charge in [0.05, 0.1) is 0 Å². The van der Waals surface area contributed by atoms with E-state index in [2.05, 4.69) is 0 Å². The monoisotopic (exact) mass is 289 g/mol. The average molecular weight is 289 g/mol. The van der Waals surface area contributed by atoms with Crippen molar-refractivity contribution >= 4 is 16.1 Å². The topological polar surface area (TPSA) is 83.7 Å². The van der Waals surface area contributed by atoms with E-state index in [1.54, 1.807) is 0 Å². The Morgan fingerprint density at radius 1 is 1.16 bits per heavy atom. The molecule has 0 aromatic heterocycles. The molecular weight excluding hydrogens is 266 g/mol. The molecule has 6 nitrogen and oxygen atoms in total. The lowest BCUT2D eigenvalue weighted by atomic mass is 9.96. The summed E-state index contributed by atoms with van der Waals surface area (Å²) in [5, 5.41) is 5.09. The highest BCUT2D eigenvalue weighted by Crippen LogP contribution is 2.26. The van der Waals surface area contributed by atoms with Crippen LogP contribution in [0.5, 0.6) is 0 Å². The third-order valence-corrected chi connectivity index (χ3v) is 5.47. The first kappa shape index (κ1) is 14.7. The number of nitrogens with zero attached hydrogens (tertiary/aromatic N) is 2. The highest BCUT2D eigenvalue weighted by molar-refractivity contribution is 7.86. The van der Waals surface area contributed by atoms with E-state index >= 15 is 0 Å². The summed E-state index contributed by atoms with van der Waals surface area (Å²) in [6.45, 7) is 0.710. The van der Waals surface area contributed by atoms with Gasteiger partial charge in [-0.1, -0.05) is 12.8 Å². The second-order valence-electron chi connectivity index (χ2n) is 5.61. The lowest BCUT2D eigenvalue weighted by molar-refractivity contribution is -0.137. The summed E-state index contributed by atoms with van der Waals surface area (Å²) in [6.07, 6.45) is 5.74. The molecule has 0 radical (unpaired) electrons. The quantitative estimate of drug-likeness (QED) is 0.811. The summed E-state index contributed by atoms with van der Waals surface area (Å²) < 4.78 is 23.7. The van der Waals surface area contributed by atoms with Crippen molar-refractivity contribution in [2.75, 3.05) is 20.1 Å². The molecule has 1 heterocycles. The van der Waals surface area contributed by atoms with Crippen LogP contribution in [0, 0.1) is 5.92 Å². The van der Waals surface area contributed by atoms with E-state index in [1.807, 2.05) is 11.9 Å². The second kappa shape index (κ2) is 5.76. The summed E-state index contributed by atoms with van der Waals surface area (Å²) in [5.41, 5.74) is 0. The maximum Gasteiger partial charge on any atom is 0.276 e. The van der Waals surface area contributed by atoms with E-state index in [4.69, 9.17) is 5.14 Å². The molecule has 0 aromatic rings. The van der Waals surface area contributed by atoms with Gasteiger partial charge >= 0.3 is 0 Å². The van der Waals surface area contributed by atoms with Gasteiger partial charge in [-0.15, -0.1) is 0 Å². The Balaban J connectivity index is 1.88. The van der Waals surface area contributed by atoms with Crippen LogP contribution in [0.1, 0.15) is 38.5 Å². The largest absolute Gasteiger partial charge is 0.343 e. The number of hydrogen-bond acceptors (Lipinski definition) is 3. The zero-order chi connectivity index (χ0) is 14.0. The Morgan fingerprint density at radius 2 is 1.68 bits per heavy atom. The molecule has 1 aliphatic carbocycles. The van der Waals surface area contributed by atoms with E-state index < -0.39 is 10.2 Å². The Kier molecular flexibility index (Phi) is 4.47. The van der Waals surface area contributed by atoms with Crippen molar-refractivity contribution in [2.24, 2.45) is 11.1 Å². The Labute approximate surface area is 115 Å².